The Hall–Kier alpha value is -2.82. The molecular weight excluding hydrogens is 384 g/mol. The maximum absolute atomic E-state index is 11.8. The summed E-state index contributed by atoms with van der Waals surface area (Å²) in [4.78, 5) is 20.7. The quantitative estimate of drug-likeness (QED) is 0.590. The highest BCUT2D eigenvalue weighted by Gasteiger charge is 2.28. The number of nitrogens with one attached hydrogen (secondary N) is 1. The molecular formula is C26H34N4O. The number of benzene rings is 2. The first kappa shape index (κ1) is 21.4. The van der Waals surface area contributed by atoms with E-state index in [-0.39, 0.29) is 5.91 Å². The maximum Gasteiger partial charge on any atom is 0.222 e. The lowest BCUT2D eigenvalue weighted by Crippen LogP contribution is -2.47. The van der Waals surface area contributed by atoms with E-state index in [2.05, 4.69) is 76.7 Å². The number of likely N-dealkylation sites (tertiary alicyclic amines) is 2. The number of aliphatic imine (C=N–C) groups is 1. The van der Waals surface area contributed by atoms with Crippen LogP contribution in [0, 0.1) is 5.92 Å². The van der Waals surface area contributed by atoms with E-state index in [1.807, 2.05) is 11.9 Å². The van der Waals surface area contributed by atoms with E-state index in [0.29, 0.717) is 18.3 Å². The van der Waals surface area contributed by atoms with Gasteiger partial charge in [-0.05, 0) is 41.4 Å². The normalized spacial score (nSPS) is 22.1. The molecule has 2 heterocycles. The van der Waals surface area contributed by atoms with Crippen LogP contribution in [0.1, 0.15) is 48.8 Å². The van der Waals surface area contributed by atoms with Crippen molar-refractivity contribution in [2.75, 3.05) is 26.7 Å². The summed E-state index contributed by atoms with van der Waals surface area (Å²) in [6, 6.07) is 19.5. The van der Waals surface area contributed by atoms with Gasteiger partial charge in [0, 0.05) is 46.2 Å². The molecule has 1 amide bonds. The first-order valence-corrected chi connectivity index (χ1v) is 11.5. The Morgan fingerprint density at radius 2 is 1.81 bits per heavy atom. The van der Waals surface area contributed by atoms with Crippen molar-refractivity contribution in [3.05, 3.63) is 71.3 Å². The van der Waals surface area contributed by atoms with Gasteiger partial charge < -0.3 is 15.1 Å². The molecule has 2 aliphatic rings. The summed E-state index contributed by atoms with van der Waals surface area (Å²) in [5.41, 5.74) is 3.87. The standard InChI is InChI=1S/C26H34N4O/c1-20-18-30(16-14-24(20)23-7-4-3-5-8-23)26(27-2)28-17-21-10-12-22(13-11-21)19-29-15-6-9-25(29)31/h3-5,7-8,10-13,20,24H,6,9,14-19H2,1-2H3,(H,27,28). The smallest absolute Gasteiger partial charge is 0.222 e. The topological polar surface area (TPSA) is 47.9 Å². The number of piperidine rings is 1. The molecule has 2 aromatic rings. The first-order valence-electron chi connectivity index (χ1n) is 11.5. The van der Waals surface area contributed by atoms with Crippen molar-refractivity contribution in [2.45, 2.75) is 45.2 Å². The summed E-state index contributed by atoms with van der Waals surface area (Å²) in [6.07, 6.45) is 2.83. The van der Waals surface area contributed by atoms with Crippen LogP contribution in [0.5, 0.6) is 0 Å². The minimum absolute atomic E-state index is 0.278. The van der Waals surface area contributed by atoms with Crippen LogP contribution in [-0.2, 0) is 17.9 Å². The molecule has 164 valence electrons. The third-order valence-electron chi connectivity index (χ3n) is 6.66. The van der Waals surface area contributed by atoms with Crippen LogP contribution < -0.4 is 5.32 Å². The minimum atomic E-state index is 0.278. The van der Waals surface area contributed by atoms with E-state index >= 15 is 0 Å². The Morgan fingerprint density at radius 3 is 2.45 bits per heavy atom. The number of hydrogen-bond acceptors (Lipinski definition) is 2. The molecule has 1 N–H and O–H groups in total. The highest BCUT2D eigenvalue weighted by Crippen LogP contribution is 2.32. The molecule has 0 radical (unpaired) electrons. The molecule has 4 rings (SSSR count). The third kappa shape index (κ3) is 5.27. The lowest BCUT2D eigenvalue weighted by atomic mass is 9.82. The summed E-state index contributed by atoms with van der Waals surface area (Å²) >= 11 is 0. The van der Waals surface area contributed by atoms with Gasteiger partial charge in [0.1, 0.15) is 0 Å². The molecule has 0 saturated carbocycles. The summed E-state index contributed by atoms with van der Waals surface area (Å²) in [5, 5.41) is 3.54. The van der Waals surface area contributed by atoms with Crippen LogP contribution in [0.15, 0.2) is 59.6 Å². The molecule has 5 nitrogen and oxygen atoms in total. The van der Waals surface area contributed by atoms with Gasteiger partial charge in [-0.25, -0.2) is 0 Å². The number of rotatable bonds is 5. The van der Waals surface area contributed by atoms with Gasteiger partial charge in [-0.1, -0.05) is 61.5 Å². The molecule has 2 unspecified atom stereocenters. The molecule has 31 heavy (non-hydrogen) atoms. The Labute approximate surface area is 186 Å². The average Bonchev–Trinajstić information content (AvgIpc) is 3.20. The zero-order chi connectivity index (χ0) is 21.6. The summed E-state index contributed by atoms with van der Waals surface area (Å²) < 4.78 is 0. The van der Waals surface area contributed by atoms with E-state index in [1.165, 1.54) is 16.7 Å². The van der Waals surface area contributed by atoms with E-state index in [4.69, 9.17) is 0 Å². The predicted octanol–water partition coefficient (Wildman–Crippen LogP) is 4.01. The molecule has 2 aliphatic heterocycles. The van der Waals surface area contributed by atoms with Gasteiger partial charge >= 0.3 is 0 Å². The molecule has 2 fully saturated rings. The van der Waals surface area contributed by atoms with Crippen LogP contribution in [0.25, 0.3) is 0 Å². The van der Waals surface area contributed by atoms with Crippen molar-refractivity contribution >= 4 is 11.9 Å². The number of amides is 1. The Morgan fingerprint density at radius 1 is 1.06 bits per heavy atom. The SMILES string of the molecule is CN=C(NCc1ccc(CN2CCCC2=O)cc1)N1CCC(c2ccccc2)C(C)C1. The van der Waals surface area contributed by atoms with E-state index < -0.39 is 0 Å². The van der Waals surface area contributed by atoms with Crippen molar-refractivity contribution in [3.63, 3.8) is 0 Å². The number of nitrogens with zero attached hydrogens (tertiary/aromatic N) is 3. The van der Waals surface area contributed by atoms with Crippen LogP contribution in [0.2, 0.25) is 0 Å². The van der Waals surface area contributed by atoms with E-state index in [1.54, 1.807) is 0 Å². The van der Waals surface area contributed by atoms with Gasteiger partial charge in [-0.3, -0.25) is 9.79 Å². The van der Waals surface area contributed by atoms with Crippen molar-refractivity contribution in [1.82, 2.24) is 15.1 Å². The Kier molecular flexibility index (Phi) is 6.90. The number of guanidine groups is 1. The zero-order valence-electron chi connectivity index (χ0n) is 18.8. The minimum Gasteiger partial charge on any atom is -0.352 e. The summed E-state index contributed by atoms with van der Waals surface area (Å²) in [7, 11) is 1.87. The molecule has 0 aliphatic carbocycles. The van der Waals surface area contributed by atoms with Gasteiger partial charge in [0.15, 0.2) is 5.96 Å². The van der Waals surface area contributed by atoms with Crippen LogP contribution in [-0.4, -0.2) is 48.3 Å². The average molecular weight is 419 g/mol. The van der Waals surface area contributed by atoms with Crippen molar-refractivity contribution in [2.24, 2.45) is 10.9 Å². The zero-order valence-corrected chi connectivity index (χ0v) is 18.8. The Bertz CT molecular complexity index is 893. The second kappa shape index (κ2) is 9.99. The molecule has 2 saturated heterocycles. The number of hydrogen-bond donors (Lipinski definition) is 1. The summed E-state index contributed by atoms with van der Waals surface area (Å²) in [6.45, 7) is 6.75. The highest BCUT2D eigenvalue weighted by molar-refractivity contribution is 5.80. The molecule has 5 heteroatoms. The van der Waals surface area contributed by atoms with E-state index in [9.17, 15) is 4.79 Å². The monoisotopic (exact) mass is 418 g/mol. The van der Waals surface area contributed by atoms with Crippen molar-refractivity contribution in [1.29, 1.82) is 0 Å². The Balaban J connectivity index is 1.29. The highest BCUT2D eigenvalue weighted by atomic mass is 16.2. The fourth-order valence-electron chi connectivity index (χ4n) is 4.90. The van der Waals surface area contributed by atoms with Crippen molar-refractivity contribution < 1.29 is 4.79 Å². The fourth-order valence-corrected chi connectivity index (χ4v) is 4.90. The number of carbonyl (C=O) groups excluding carboxylic acids is 1. The van der Waals surface area contributed by atoms with Crippen molar-refractivity contribution in [3.8, 4) is 0 Å². The first-order chi connectivity index (χ1) is 15.1. The van der Waals surface area contributed by atoms with Crippen LogP contribution in [0.4, 0.5) is 0 Å². The predicted molar refractivity (Wildman–Crippen MR) is 126 cm³/mol. The van der Waals surface area contributed by atoms with Crippen LogP contribution >= 0.6 is 0 Å². The largest absolute Gasteiger partial charge is 0.352 e. The molecule has 0 bridgehead atoms. The van der Waals surface area contributed by atoms with Gasteiger partial charge in [0.2, 0.25) is 5.91 Å². The lowest BCUT2D eigenvalue weighted by Gasteiger charge is -2.39. The van der Waals surface area contributed by atoms with Gasteiger partial charge in [0.05, 0.1) is 0 Å². The number of carbonyl (C=O) groups is 1. The van der Waals surface area contributed by atoms with Gasteiger partial charge in [-0.2, -0.15) is 0 Å². The third-order valence-corrected chi connectivity index (χ3v) is 6.66. The van der Waals surface area contributed by atoms with E-state index in [0.717, 1.165) is 51.5 Å². The molecule has 0 aromatic heterocycles. The summed E-state index contributed by atoms with van der Waals surface area (Å²) in [5.74, 6) is 2.46. The van der Waals surface area contributed by atoms with Crippen LogP contribution in [0.3, 0.4) is 0 Å². The van der Waals surface area contributed by atoms with Gasteiger partial charge in [-0.15, -0.1) is 0 Å². The molecule has 2 aromatic carbocycles. The lowest BCUT2D eigenvalue weighted by molar-refractivity contribution is -0.128. The fraction of sp³-hybridized carbons (Fsp3) is 0.462. The van der Waals surface area contributed by atoms with Gasteiger partial charge in [0.25, 0.3) is 0 Å². The molecule has 2 atom stereocenters. The molecule has 0 spiro atoms. The second-order valence-corrected chi connectivity index (χ2v) is 8.87. The maximum atomic E-state index is 11.8. The second-order valence-electron chi connectivity index (χ2n) is 8.87.